The van der Waals surface area contributed by atoms with Crippen molar-refractivity contribution in [2.24, 2.45) is 7.05 Å². The summed E-state index contributed by atoms with van der Waals surface area (Å²) in [5, 5.41) is 14.5. The highest BCUT2D eigenvalue weighted by Gasteiger charge is 2.14. The van der Waals surface area contributed by atoms with Crippen LogP contribution in [0.15, 0.2) is 65.1 Å². The summed E-state index contributed by atoms with van der Waals surface area (Å²) >= 11 is 2.73. The molecule has 0 saturated heterocycles. The predicted octanol–water partition coefficient (Wildman–Crippen LogP) is 4.35. The quantitative estimate of drug-likeness (QED) is 0.433. The van der Waals surface area contributed by atoms with E-state index in [0.717, 1.165) is 22.6 Å². The molecule has 0 atom stereocenters. The van der Waals surface area contributed by atoms with Crippen molar-refractivity contribution in [3.05, 3.63) is 60.0 Å². The Labute approximate surface area is 182 Å². The Hall–Kier alpha value is -3.17. The molecule has 0 spiro atoms. The van der Waals surface area contributed by atoms with E-state index in [2.05, 4.69) is 20.5 Å². The molecule has 0 aliphatic heterocycles. The van der Waals surface area contributed by atoms with Gasteiger partial charge in [-0.05, 0) is 12.1 Å². The largest absolute Gasteiger partial charge is 0.497 e. The van der Waals surface area contributed by atoms with E-state index in [9.17, 15) is 4.79 Å². The number of carbonyl (C=O) groups excluding carboxylic acids is 1. The topological polar surface area (TPSA) is 81.9 Å². The van der Waals surface area contributed by atoms with Crippen molar-refractivity contribution in [1.29, 1.82) is 0 Å². The lowest BCUT2D eigenvalue weighted by Crippen LogP contribution is -2.14. The molecule has 1 N–H and O–H groups in total. The average molecular weight is 438 g/mol. The van der Waals surface area contributed by atoms with Gasteiger partial charge in [0.15, 0.2) is 16.1 Å². The molecule has 2 heterocycles. The molecule has 0 saturated carbocycles. The molecule has 152 valence electrons. The van der Waals surface area contributed by atoms with E-state index in [-0.39, 0.29) is 11.7 Å². The number of amides is 1. The van der Waals surface area contributed by atoms with Crippen LogP contribution < -0.4 is 10.1 Å². The number of benzene rings is 2. The van der Waals surface area contributed by atoms with Gasteiger partial charge in [-0.1, -0.05) is 54.2 Å². The highest BCUT2D eigenvalue weighted by atomic mass is 32.2. The van der Waals surface area contributed by atoms with Gasteiger partial charge in [0.05, 0.1) is 18.6 Å². The molecule has 0 unspecified atom stereocenters. The highest BCUT2D eigenvalue weighted by Crippen LogP contribution is 2.27. The number of thiazole rings is 1. The van der Waals surface area contributed by atoms with E-state index in [1.807, 2.05) is 71.6 Å². The number of methoxy groups -OCH3 is 1. The number of rotatable bonds is 7. The molecule has 9 heteroatoms. The number of nitrogens with one attached hydrogen (secondary N) is 1. The summed E-state index contributed by atoms with van der Waals surface area (Å²) in [6, 6.07) is 17.5. The first kappa shape index (κ1) is 20.1. The van der Waals surface area contributed by atoms with Crippen molar-refractivity contribution in [2.45, 2.75) is 5.16 Å². The number of carbonyl (C=O) groups is 1. The van der Waals surface area contributed by atoms with Crippen LogP contribution in [0, 0.1) is 0 Å². The Morgan fingerprint density at radius 3 is 2.73 bits per heavy atom. The minimum Gasteiger partial charge on any atom is -0.497 e. The van der Waals surface area contributed by atoms with Crippen molar-refractivity contribution < 1.29 is 9.53 Å². The number of ether oxygens (including phenoxy) is 1. The van der Waals surface area contributed by atoms with Crippen LogP contribution in [0.2, 0.25) is 0 Å². The van der Waals surface area contributed by atoms with Crippen LogP contribution in [0.3, 0.4) is 0 Å². The van der Waals surface area contributed by atoms with Crippen molar-refractivity contribution in [1.82, 2.24) is 19.7 Å². The zero-order valence-corrected chi connectivity index (χ0v) is 18.0. The Bertz CT molecular complexity index is 1160. The zero-order chi connectivity index (χ0) is 20.9. The molecule has 2 aromatic carbocycles. The van der Waals surface area contributed by atoms with E-state index in [0.29, 0.717) is 16.1 Å². The molecule has 0 radical (unpaired) electrons. The van der Waals surface area contributed by atoms with Gasteiger partial charge >= 0.3 is 0 Å². The van der Waals surface area contributed by atoms with Crippen LogP contribution in [-0.4, -0.2) is 38.5 Å². The van der Waals surface area contributed by atoms with Gasteiger partial charge in [0, 0.05) is 23.6 Å². The molecule has 4 rings (SSSR count). The summed E-state index contributed by atoms with van der Waals surface area (Å²) in [6.07, 6.45) is 0. The molecule has 0 aliphatic rings. The van der Waals surface area contributed by atoms with Crippen molar-refractivity contribution in [2.75, 3.05) is 18.2 Å². The van der Waals surface area contributed by atoms with Crippen molar-refractivity contribution in [3.8, 4) is 28.4 Å². The summed E-state index contributed by atoms with van der Waals surface area (Å²) in [4.78, 5) is 16.8. The third kappa shape index (κ3) is 4.52. The molecule has 7 nitrogen and oxygen atoms in total. The minimum absolute atomic E-state index is 0.139. The van der Waals surface area contributed by atoms with E-state index in [4.69, 9.17) is 4.74 Å². The fourth-order valence-corrected chi connectivity index (χ4v) is 4.26. The lowest BCUT2D eigenvalue weighted by atomic mass is 10.2. The number of hydrogen-bond acceptors (Lipinski definition) is 7. The number of aromatic nitrogens is 4. The molecule has 30 heavy (non-hydrogen) atoms. The summed E-state index contributed by atoms with van der Waals surface area (Å²) in [5.74, 6) is 1.54. The molecule has 1 amide bonds. The Kier molecular flexibility index (Phi) is 6.10. The molecular weight excluding hydrogens is 418 g/mol. The highest BCUT2D eigenvalue weighted by molar-refractivity contribution is 7.99. The monoisotopic (exact) mass is 437 g/mol. The molecule has 2 aromatic heterocycles. The smallest absolute Gasteiger partial charge is 0.236 e. The molecule has 0 bridgehead atoms. The minimum atomic E-state index is -0.139. The van der Waals surface area contributed by atoms with Gasteiger partial charge < -0.3 is 14.6 Å². The number of anilines is 1. The summed E-state index contributed by atoms with van der Waals surface area (Å²) in [7, 11) is 3.50. The molecule has 4 aromatic rings. The average Bonchev–Trinajstić information content (AvgIpc) is 3.39. The molecular formula is C21H19N5O2S2. The third-order valence-electron chi connectivity index (χ3n) is 4.32. The second-order valence-electron chi connectivity index (χ2n) is 6.34. The number of nitrogens with zero attached hydrogens (tertiary/aromatic N) is 4. The van der Waals surface area contributed by atoms with E-state index < -0.39 is 0 Å². The maximum absolute atomic E-state index is 12.4. The SMILES string of the molecule is COc1cccc(-c2nnc(SCC(=O)Nc3nc(-c4ccccc4)cs3)n2C)c1. The van der Waals surface area contributed by atoms with Crippen LogP contribution in [0.4, 0.5) is 5.13 Å². The summed E-state index contributed by atoms with van der Waals surface area (Å²) in [5.41, 5.74) is 2.77. The van der Waals surface area contributed by atoms with Gasteiger partial charge in [0.1, 0.15) is 5.75 Å². The van der Waals surface area contributed by atoms with Crippen molar-refractivity contribution in [3.63, 3.8) is 0 Å². The molecule has 0 fully saturated rings. The van der Waals surface area contributed by atoms with Gasteiger partial charge in [0.2, 0.25) is 5.91 Å². The second kappa shape index (κ2) is 9.10. The zero-order valence-electron chi connectivity index (χ0n) is 16.4. The number of thioether (sulfide) groups is 1. The summed E-state index contributed by atoms with van der Waals surface area (Å²) in [6.45, 7) is 0. The van der Waals surface area contributed by atoms with E-state index in [1.165, 1.54) is 23.1 Å². The normalized spacial score (nSPS) is 10.7. The van der Waals surface area contributed by atoms with Crippen LogP contribution >= 0.6 is 23.1 Å². The van der Waals surface area contributed by atoms with Gasteiger partial charge in [-0.25, -0.2) is 4.98 Å². The van der Waals surface area contributed by atoms with Gasteiger partial charge in [0.25, 0.3) is 0 Å². The van der Waals surface area contributed by atoms with Crippen LogP contribution in [0.5, 0.6) is 5.75 Å². The lowest BCUT2D eigenvalue weighted by Gasteiger charge is -2.05. The third-order valence-corrected chi connectivity index (χ3v) is 6.09. The van der Waals surface area contributed by atoms with Crippen LogP contribution in [0.25, 0.3) is 22.6 Å². The predicted molar refractivity (Wildman–Crippen MR) is 120 cm³/mol. The first-order valence-electron chi connectivity index (χ1n) is 9.11. The first-order valence-corrected chi connectivity index (χ1v) is 11.0. The van der Waals surface area contributed by atoms with Gasteiger partial charge in [-0.2, -0.15) is 0 Å². The van der Waals surface area contributed by atoms with E-state index >= 15 is 0 Å². The molecule has 0 aliphatic carbocycles. The first-order chi connectivity index (χ1) is 14.6. The maximum atomic E-state index is 12.4. The van der Waals surface area contributed by atoms with E-state index in [1.54, 1.807) is 7.11 Å². The fraction of sp³-hybridized carbons (Fsp3) is 0.143. The van der Waals surface area contributed by atoms with Crippen LogP contribution in [-0.2, 0) is 11.8 Å². The second-order valence-corrected chi connectivity index (χ2v) is 8.14. The Balaban J connectivity index is 1.38. The fourth-order valence-electron chi connectivity index (χ4n) is 2.81. The summed E-state index contributed by atoms with van der Waals surface area (Å²) < 4.78 is 7.13. The Morgan fingerprint density at radius 1 is 1.13 bits per heavy atom. The Morgan fingerprint density at radius 2 is 1.93 bits per heavy atom. The van der Waals surface area contributed by atoms with Crippen LogP contribution in [0.1, 0.15) is 0 Å². The standard InChI is InChI=1S/C21H19N5O2S2/c1-26-19(15-9-6-10-16(11-15)28-2)24-25-21(26)30-13-18(27)23-20-22-17(12-29-20)14-7-4-3-5-8-14/h3-12H,13H2,1-2H3,(H,22,23,27). The van der Waals surface area contributed by atoms with Gasteiger partial charge in [-0.3, -0.25) is 4.79 Å². The van der Waals surface area contributed by atoms with Gasteiger partial charge in [-0.15, -0.1) is 21.5 Å². The number of hydrogen-bond donors (Lipinski definition) is 1. The lowest BCUT2D eigenvalue weighted by molar-refractivity contribution is -0.113. The van der Waals surface area contributed by atoms with Crippen molar-refractivity contribution >= 4 is 34.1 Å². The maximum Gasteiger partial charge on any atom is 0.236 e.